The molecule has 128 valence electrons. The Kier molecular flexibility index (Phi) is 4.08. The van der Waals surface area contributed by atoms with Crippen LogP contribution in [0.25, 0.3) is 0 Å². The Morgan fingerprint density at radius 1 is 1.33 bits per heavy atom. The van der Waals surface area contributed by atoms with Gasteiger partial charge >= 0.3 is 6.18 Å². The number of aliphatic hydroxyl groups excluding tert-OH is 1. The summed E-state index contributed by atoms with van der Waals surface area (Å²) < 4.78 is 40.2. The van der Waals surface area contributed by atoms with Crippen LogP contribution in [0.15, 0.2) is 36.5 Å². The van der Waals surface area contributed by atoms with Crippen LogP contribution in [0.2, 0.25) is 0 Å². The number of β-amino-alcohol motifs (C(OH)–C–C–N with tert-alkyl or cyclic N) is 1. The fourth-order valence-corrected chi connectivity index (χ4v) is 3.01. The van der Waals surface area contributed by atoms with Crippen LogP contribution in [0.3, 0.4) is 0 Å². The normalized spacial score (nSPS) is 21.3. The molecule has 0 radical (unpaired) electrons. The molecule has 0 bridgehead atoms. The molecule has 0 aliphatic carbocycles. The smallest absolute Gasteiger partial charge is 0.391 e. The Balaban J connectivity index is 1.94. The van der Waals surface area contributed by atoms with E-state index in [1.807, 2.05) is 0 Å². The minimum absolute atomic E-state index is 0.0743. The molecular weight excluding hydrogens is 323 g/mol. The van der Waals surface area contributed by atoms with Gasteiger partial charge in [0.1, 0.15) is 5.69 Å². The quantitative estimate of drug-likeness (QED) is 0.914. The van der Waals surface area contributed by atoms with Gasteiger partial charge in [-0.25, -0.2) is 0 Å². The number of alkyl halides is 3. The molecule has 1 aromatic carbocycles. The maximum atomic E-state index is 12.9. The van der Waals surface area contributed by atoms with E-state index in [9.17, 15) is 23.1 Å². The molecule has 2 atom stereocenters. The van der Waals surface area contributed by atoms with Crippen LogP contribution in [0.4, 0.5) is 13.2 Å². The van der Waals surface area contributed by atoms with Crippen molar-refractivity contribution in [3.8, 4) is 0 Å². The SMILES string of the molecule is Cn1nccc1C(=O)N1CC(O)CC1c1cccc(C(F)(F)F)c1. The lowest BCUT2D eigenvalue weighted by atomic mass is 10.0. The molecule has 1 fully saturated rings. The lowest BCUT2D eigenvalue weighted by Gasteiger charge is -2.25. The van der Waals surface area contributed by atoms with Gasteiger partial charge in [0.05, 0.1) is 17.7 Å². The van der Waals surface area contributed by atoms with Crippen molar-refractivity contribution in [2.24, 2.45) is 7.05 Å². The van der Waals surface area contributed by atoms with E-state index in [0.717, 1.165) is 12.1 Å². The number of amides is 1. The van der Waals surface area contributed by atoms with Gasteiger partial charge in [0.2, 0.25) is 0 Å². The predicted molar refractivity (Wildman–Crippen MR) is 79.1 cm³/mol. The monoisotopic (exact) mass is 339 g/mol. The van der Waals surface area contributed by atoms with Gasteiger partial charge < -0.3 is 10.0 Å². The van der Waals surface area contributed by atoms with Crippen LogP contribution in [-0.2, 0) is 13.2 Å². The number of carbonyl (C=O) groups is 1. The summed E-state index contributed by atoms with van der Waals surface area (Å²) in [6.07, 6.45) is -3.56. The van der Waals surface area contributed by atoms with Crippen molar-refractivity contribution in [2.45, 2.75) is 24.7 Å². The van der Waals surface area contributed by atoms with E-state index in [1.165, 1.54) is 27.9 Å². The third-order valence-corrected chi connectivity index (χ3v) is 4.18. The first-order valence-corrected chi connectivity index (χ1v) is 7.41. The topological polar surface area (TPSA) is 58.4 Å². The number of benzene rings is 1. The first kappa shape index (κ1) is 16.5. The van der Waals surface area contributed by atoms with Crippen molar-refractivity contribution in [1.82, 2.24) is 14.7 Å². The second-order valence-electron chi connectivity index (χ2n) is 5.83. The van der Waals surface area contributed by atoms with Crippen molar-refractivity contribution < 1.29 is 23.1 Å². The van der Waals surface area contributed by atoms with Crippen molar-refractivity contribution in [2.75, 3.05) is 6.54 Å². The van der Waals surface area contributed by atoms with Crippen molar-refractivity contribution >= 4 is 5.91 Å². The Morgan fingerprint density at radius 3 is 2.71 bits per heavy atom. The highest BCUT2D eigenvalue weighted by molar-refractivity contribution is 5.93. The predicted octanol–water partition coefficient (Wildman–Crippen LogP) is 2.39. The summed E-state index contributed by atoms with van der Waals surface area (Å²) in [7, 11) is 1.61. The third-order valence-electron chi connectivity index (χ3n) is 4.18. The number of halogens is 3. The minimum Gasteiger partial charge on any atom is -0.391 e. The van der Waals surface area contributed by atoms with Crippen LogP contribution in [0.5, 0.6) is 0 Å². The number of nitrogens with zero attached hydrogens (tertiary/aromatic N) is 3. The summed E-state index contributed by atoms with van der Waals surface area (Å²) >= 11 is 0. The highest BCUT2D eigenvalue weighted by Crippen LogP contribution is 2.36. The van der Waals surface area contributed by atoms with Crippen molar-refractivity contribution in [3.63, 3.8) is 0 Å². The van der Waals surface area contributed by atoms with Gasteiger partial charge in [-0.1, -0.05) is 12.1 Å². The number of hydrogen-bond donors (Lipinski definition) is 1. The molecule has 1 aliphatic heterocycles. The first-order chi connectivity index (χ1) is 11.3. The Morgan fingerprint density at radius 2 is 2.08 bits per heavy atom. The zero-order valence-corrected chi connectivity index (χ0v) is 12.9. The van der Waals surface area contributed by atoms with E-state index in [-0.39, 0.29) is 18.9 Å². The highest BCUT2D eigenvalue weighted by Gasteiger charge is 2.38. The molecule has 8 heteroatoms. The summed E-state index contributed by atoms with van der Waals surface area (Å²) in [5.74, 6) is -0.367. The number of aromatic nitrogens is 2. The average molecular weight is 339 g/mol. The van der Waals surface area contributed by atoms with Gasteiger partial charge in [-0.3, -0.25) is 9.48 Å². The molecule has 0 saturated carbocycles. The van der Waals surface area contributed by atoms with Gasteiger partial charge in [0.25, 0.3) is 5.91 Å². The minimum atomic E-state index is -4.45. The molecule has 2 aromatic rings. The molecule has 2 heterocycles. The van der Waals surface area contributed by atoms with Crippen LogP contribution >= 0.6 is 0 Å². The molecule has 1 amide bonds. The average Bonchev–Trinajstić information content (AvgIpc) is 3.12. The van der Waals surface area contributed by atoms with E-state index in [0.29, 0.717) is 11.3 Å². The summed E-state index contributed by atoms with van der Waals surface area (Å²) in [5.41, 5.74) is -0.0905. The van der Waals surface area contributed by atoms with Gasteiger partial charge in [-0.05, 0) is 30.2 Å². The van der Waals surface area contributed by atoms with Crippen molar-refractivity contribution in [1.29, 1.82) is 0 Å². The van der Waals surface area contributed by atoms with E-state index in [1.54, 1.807) is 13.1 Å². The summed E-state index contributed by atoms with van der Waals surface area (Å²) in [5, 5.41) is 13.9. The largest absolute Gasteiger partial charge is 0.416 e. The maximum Gasteiger partial charge on any atom is 0.416 e. The van der Waals surface area contributed by atoms with E-state index < -0.39 is 23.9 Å². The molecular formula is C16H16F3N3O2. The van der Waals surface area contributed by atoms with Crippen LogP contribution in [0.1, 0.15) is 34.1 Å². The molecule has 5 nitrogen and oxygen atoms in total. The van der Waals surface area contributed by atoms with Crippen molar-refractivity contribution in [3.05, 3.63) is 53.3 Å². The molecule has 3 rings (SSSR count). The number of aliphatic hydroxyl groups is 1. The highest BCUT2D eigenvalue weighted by atomic mass is 19.4. The summed E-state index contributed by atoms with van der Waals surface area (Å²) in [4.78, 5) is 14.1. The Hall–Kier alpha value is -2.35. The molecule has 0 spiro atoms. The lowest BCUT2D eigenvalue weighted by molar-refractivity contribution is -0.137. The third kappa shape index (κ3) is 3.01. The fourth-order valence-electron chi connectivity index (χ4n) is 3.01. The zero-order chi connectivity index (χ0) is 17.5. The number of likely N-dealkylation sites (tertiary alicyclic amines) is 1. The lowest BCUT2D eigenvalue weighted by Crippen LogP contribution is -2.33. The van der Waals surface area contributed by atoms with E-state index in [4.69, 9.17) is 0 Å². The van der Waals surface area contributed by atoms with Gasteiger partial charge in [0, 0.05) is 19.8 Å². The van der Waals surface area contributed by atoms with Gasteiger partial charge in [-0.2, -0.15) is 18.3 Å². The standard InChI is InChI=1S/C16H16F3N3O2/c1-21-13(5-6-20-21)15(24)22-9-12(23)8-14(22)10-3-2-4-11(7-10)16(17,18)19/h2-7,12,14,23H,8-9H2,1H3. The van der Waals surface area contributed by atoms with Crippen LogP contribution < -0.4 is 0 Å². The maximum absolute atomic E-state index is 12.9. The second-order valence-corrected chi connectivity index (χ2v) is 5.83. The summed E-state index contributed by atoms with van der Waals surface area (Å²) in [6.45, 7) is 0.0743. The first-order valence-electron chi connectivity index (χ1n) is 7.41. The van der Waals surface area contributed by atoms with Gasteiger partial charge in [0.15, 0.2) is 0 Å². The fraction of sp³-hybridized carbons (Fsp3) is 0.375. The van der Waals surface area contributed by atoms with Gasteiger partial charge in [-0.15, -0.1) is 0 Å². The molecule has 2 unspecified atom stereocenters. The summed E-state index contributed by atoms with van der Waals surface area (Å²) in [6, 6.07) is 5.81. The van der Waals surface area contributed by atoms with Crippen LogP contribution in [0, 0.1) is 0 Å². The molecule has 24 heavy (non-hydrogen) atoms. The number of carbonyl (C=O) groups excluding carboxylic acids is 1. The number of rotatable bonds is 2. The number of hydrogen-bond acceptors (Lipinski definition) is 3. The molecule has 1 saturated heterocycles. The molecule has 1 N–H and O–H groups in total. The Bertz CT molecular complexity index is 757. The zero-order valence-electron chi connectivity index (χ0n) is 12.9. The Labute approximate surface area is 136 Å². The van der Waals surface area contributed by atoms with Crippen LogP contribution in [-0.4, -0.2) is 38.3 Å². The molecule has 1 aromatic heterocycles. The second kappa shape index (κ2) is 5.94. The number of aryl methyl sites for hydroxylation is 1. The van der Waals surface area contributed by atoms with E-state index in [2.05, 4.69) is 5.10 Å². The molecule has 1 aliphatic rings. The van der Waals surface area contributed by atoms with E-state index >= 15 is 0 Å².